The highest BCUT2D eigenvalue weighted by Crippen LogP contribution is 2.28. The van der Waals surface area contributed by atoms with Crippen molar-refractivity contribution in [1.82, 2.24) is 25.1 Å². The van der Waals surface area contributed by atoms with Crippen molar-refractivity contribution in [3.63, 3.8) is 0 Å². The third-order valence-electron chi connectivity index (χ3n) is 5.01. The number of thiazole rings is 1. The Morgan fingerprint density at radius 3 is 2.66 bits per heavy atom. The van der Waals surface area contributed by atoms with Gasteiger partial charge in [0.25, 0.3) is 0 Å². The molecule has 0 bridgehead atoms. The van der Waals surface area contributed by atoms with Crippen LogP contribution in [0.15, 0.2) is 53.9 Å². The van der Waals surface area contributed by atoms with Crippen LogP contribution >= 0.6 is 34.7 Å². The van der Waals surface area contributed by atoms with Gasteiger partial charge in [-0.25, -0.2) is 4.98 Å². The van der Waals surface area contributed by atoms with Gasteiger partial charge in [0.05, 0.1) is 18.0 Å². The van der Waals surface area contributed by atoms with Gasteiger partial charge in [-0.1, -0.05) is 41.6 Å². The first-order valence-electron chi connectivity index (χ1n) is 10.00. The summed E-state index contributed by atoms with van der Waals surface area (Å²) >= 11 is 8.91. The molecule has 0 radical (unpaired) electrons. The lowest BCUT2D eigenvalue weighted by Gasteiger charge is -2.08. The molecule has 0 saturated heterocycles. The first-order valence-corrected chi connectivity index (χ1v) is 12.2. The quantitative estimate of drug-likeness (QED) is 0.357. The van der Waals surface area contributed by atoms with Crippen LogP contribution in [0.25, 0.3) is 16.9 Å². The molecule has 2 heterocycles. The molecular weight excluding hydrogens is 462 g/mol. The number of hydrogen-bond acceptors (Lipinski definition) is 6. The average molecular weight is 484 g/mol. The molecule has 0 aliphatic carbocycles. The number of aryl methyl sites for hydroxylation is 3. The Balaban J connectivity index is 1.35. The Bertz CT molecular complexity index is 1250. The number of aromatic nitrogens is 4. The predicted molar refractivity (Wildman–Crippen MR) is 131 cm³/mol. The molecule has 4 rings (SSSR count). The monoisotopic (exact) mass is 483 g/mol. The fourth-order valence-electron chi connectivity index (χ4n) is 3.13. The number of carbonyl (C=O) groups excluding carboxylic acids is 1. The normalized spacial score (nSPS) is 11.0. The van der Waals surface area contributed by atoms with Crippen LogP contribution in [-0.4, -0.2) is 31.4 Å². The number of nitrogens with zero attached hydrogens (tertiary/aromatic N) is 4. The van der Waals surface area contributed by atoms with Crippen molar-refractivity contribution in [3.05, 3.63) is 74.8 Å². The van der Waals surface area contributed by atoms with Crippen molar-refractivity contribution in [1.29, 1.82) is 0 Å². The molecule has 2 aromatic heterocycles. The minimum Gasteiger partial charge on any atom is -0.349 e. The number of hydrogen-bond donors (Lipinski definition) is 1. The molecule has 4 aromatic rings. The second-order valence-corrected chi connectivity index (χ2v) is 10.0. The lowest BCUT2D eigenvalue weighted by atomic mass is 10.1. The molecule has 164 valence electrons. The number of amides is 1. The van der Waals surface area contributed by atoms with E-state index in [9.17, 15) is 4.79 Å². The summed E-state index contributed by atoms with van der Waals surface area (Å²) in [6.07, 6.45) is 1.67. The summed E-state index contributed by atoms with van der Waals surface area (Å²) in [5.41, 5.74) is 5.34. The van der Waals surface area contributed by atoms with Gasteiger partial charge in [-0.3, -0.25) is 9.36 Å². The summed E-state index contributed by atoms with van der Waals surface area (Å²) in [6.45, 7) is 6.57. The molecule has 6 nitrogen and oxygen atoms in total. The van der Waals surface area contributed by atoms with Crippen LogP contribution in [0.3, 0.4) is 0 Å². The Morgan fingerprint density at radius 1 is 1.12 bits per heavy atom. The van der Waals surface area contributed by atoms with Crippen LogP contribution in [0.5, 0.6) is 0 Å². The molecule has 0 spiro atoms. The summed E-state index contributed by atoms with van der Waals surface area (Å²) in [7, 11) is 0. The van der Waals surface area contributed by atoms with Crippen molar-refractivity contribution in [2.24, 2.45) is 0 Å². The third kappa shape index (κ3) is 5.20. The largest absolute Gasteiger partial charge is 0.349 e. The Hall–Kier alpha value is -2.68. The fraction of sp³-hybridized carbons (Fsp3) is 0.217. The number of nitrogens with one attached hydrogen (secondary N) is 1. The summed E-state index contributed by atoms with van der Waals surface area (Å²) in [6, 6.07) is 13.8. The highest BCUT2D eigenvalue weighted by atomic mass is 35.5. The van der Waals surface area contributed by atoms with E-state index in [1.807, 2.05) is 41.8 Å². The van der Waals surface area contributed by atoms with E-state index in [4.69, 9.17) is 11.6 Å². The zero-order valence-corrected chi connectivity index (χ0v) is 20.3. The molecule has 2 aromatic carbocycles. The third-order valence-corrected chi connectivity index (χ3v) is 7.18. The fourth-order valence-corrected chi connectivity index (χ4v) is 4.91. The lowest BCUT2D eigenvalue weighted by Crippen LogP contribution is -2.24. The Kier molecular flexibility index (Phi) is 6.93. The van der Waals surface area contributed by atoms with Crippen molar-refractivity contribution in [3.8, 4) is 16.9 Å². The SMILES string of the molecule is Cc1ccc(-n2cnnc2SCC(=O)NCc2nc(-c3ccc(Cl)cc3)c(C)s2)cc1C. The first-order chi connectivity index (χ1) is 15.4. The minimum absolute atomic E-state index is 0.0782. The van der Waals surface area contributed by atoms with Gasteiger partial charge >= 0.3 is 0 Å². The standard InChI is InChI=1S/C23H22ClN5OS2/c1-14-4-9-19(10-15(14)2)29-13-26-28-23(29)31-12-20(30)25-11-21-27-22(16(3)32-21)17-5-7-18(24)8-6-17/h4-10,13H,11-12H2,1-3H3,(H,25,30). The predicted octanol–water partition coefficient (Wildman–Crippen LogP) is 5.38. The summed E-state index contributed by atoms with van der Waals surface area (Å²) in [5, 5.41) is 13.4. The number of rotatable bonds is 7. The van der Waals surface area contributed by atoms with Gasteiger partial charge in [-0.2, -0.15) is 0 Å². The van der Waals surface area contributed by atoms with Crippen LogP contribution in [0, 0.1) is 20.8 Å². The molecule has 0 aliphatic rings. The molecular formula is C23H22ClN5OS2. The number of thioether (sulfide) groups is 1. The molecule has 0 atom stereocenters. The maximum atomic E-state index is 12.4. The van der Waals surface area contributed by atoms with E-state index in [2.05, 4.69) is 46.5 Å². The maximum Gasteiger partial charge on any atom is 0.230 e. The van der Waals surface area contributed by atoms with Crippen molar-refractivity contribution in [2.45, 2.75) is 32.5 Å². The Labute approximate surface area is 200 Å². The summed E-state index contributed by atoms with van der Waals surface area (Å²) in [5.74, 6) is 0.170. The van der Waals surface area contributed by atoms with E-state index in [1.165, 1.54) is 22.9 Å². The van der Waals surface area contributed by atoms with Crippen molar-refractivity contribution in [2.75, 3.05) is 5.75 Å². The van der Waals surface area contributed by atoms with Gasteiger partial charge < -0.3 is 5.32 Å². The molecule has 9 heteroatoms. The number of halogens is 1. The van der Waals surface area contributed by atoms with E-state index in [1.54, 1.807) is 17.7 Å². The first kappa shape index (κ1) is 22.5. The van der Waals surface area contributed by atoms with Gasteiger partial charge in [0.1, 0.15) is 11.3 Å². The molecule has 1 amide bonds. The van der Waals surface area contributed by atoms with Crippen molar-refractivity contribution >= 4 is 40.6 Å². The maximum absolute atomic E-state index is 12.4. The Morgan fingerprint density at radius 2 is 1.91 bits per heavy atom. The average Bonchev–Trinajstić information content (AvgIpc) is 3.40. The molecule has 0 unspecified atom stereocenters. The van der Waals surface area contributed by atoms with E-state index in [0.29, 0.717) is 16.7 Å². The second-order valence-electron chi connectivity index (χ2n) is 7.34. The van der Waals surface area contributed by atoms with Gasteiger partial charge in [-0.15, -0.1) is 21.5 Å². The molecule has 32 heavy (non-hydrogen) atoms. The highest BCUT2D eigenvalue weighted by Gasteiger charge is 2.13. The van der Waals surface area contributed by atoms with Gasteiger partial charge in [0.2, 0.25) is 5.91 Å². The van der Waals surface area contributed by atoms with Crippen LogP contribution in [0.2, 0.25) is 5.02 Å². The molecule has 1 N–H and O–H groups in total. The zero-order chi connectivity index (χ0) is 22.7. The molecule has 0 saturated carbocycles. The van der Waals surface area contributed by atoms with Crippen LogP contribution in [-0.2, 0) is 11.3 Å². The van der Waals surface area contributed by atoms with E-state index in [0.717, 1.165) is 26.8 Å². The lowest BCUT2D eigenvalue weighted by molar-refractivity contribution is -0.118. The molecule has 0 fully saturated rings. The second kappa shape index (κ2) is 9.85. The van der Waals surface area contributed by atoms with E-state index in [-0.39, 0.29) is 11.7 Å². The van der Waals surface area contributed by atoms with E-state index >= 15 is 0 Å². The van der Waals surface area contributed by atoms with Gasteiger partial charge in [0, 0.05) is 21.2 Å². The molecule has 0 aliphatic heterocycles. The van der Waals surface area contributed by atoms with Gasteiger partial charge in [-0.05, 0) is 56.2 Å². The number of carbonyl (C=O) groups is 1. The van der Waals surface area contributed by atoms with Crippen LogP contribution in [0.4, 0.5) is 0 Å². The topological polar surface area (TPSA) is 72.7 Å². The van der Waals surface area contributed by atoms with Crippen molar-refractivity contribution < 1.29 is 4.79 Å². The highest BCUT2D eigenvalue weighted by molar-refractivity contribution is 7.99. The van der Waals surface area contributed by atoms with E-state index < -0.39 is 0 Å². The zero-order valence-electron chi connectivity index (χ0n) is 17.9. The van der Waals surface area contributed by atoms with Crippen LogP contribution in [0.1, 0.15) is 21.0 Å². The minimum atomic E-state index is -0.0782. The smallest absolute Gasteiger partial charge is 0.230 e. The van der Waals surface area contributed by atoms with Crippen LogP contribution < -0.4 is 5.32 Å². The van der Waals surface area contributed by atoms with Gasteiger partial charge in [0.15, 0.2) is 5.16 Å². The summed E-state index contributed by atoms with van der Waals surface area (Å²) in [4.78, 5) is 18.2. The summed E-state index contributed by atoms with van der Waals surface area (Å²) < 4.78 is 1.90. The number of benzene rings is 2.